The van der Waals surface area contributed by atoms with Crippen molar-refractivity contribution in [2.75, 3.05) is 19.0 Å². The lowest BCUT2D eigenvalue weighted by molar-refractivity contribution is -0.113. The van der Waals surface area contributed by atoms with Crippen LogP contribution in [0.4, 0.5) is 10.1 Å². The van der Waals surface area contributed by atoms with E-state index >= 15 is 0 Å². The van der Waals surface area contributed by atoms with Crippen LogP contribution in [-0.2, 0) is 4.79 Å². The predicted molar refractivity (Wildman–Crippen MR) is 116 cm³/mol. The van der Waals surface area contributed by atoms with Crippen LogP contribution < -0.4 is 15.4 Å². The van der Waals surface area contributed by atoms with Gasteiger partial charge in [-0.15, -0.1) is 6.58 Å². The third-order valence-corrected chi connectivity index (χ3v) is 5.03. The van der Waals surface area contributed by atoms with Gasteiger partial charge in [0.2, 0.25) is 0 Å². The fourth-order valence-corrected chi connectivity index (χ4v) is 3.63. The summed E-state index contributed by atoms with van der Waals surface area (Å²) in [5.41, 5.74) is 2.27. The van der Waals surface area contributed by atoms with Gasteiger partial charge in [0.15, 0.2) is 5.11 Å². The number of ether oxygens (including phenoxy) is 1. The molecule has 0 saturated carbocycles. The van der Waals surface area contributed by atoms with Gasteiger partial charge in [0.25, 0.3) is 5.91 Å². The van der Waals surface area contributed by atoms with Crippen LogP contribution in [0.25, 0.3) is 0 Å². The molecule has 0 unspecified atom stereocenters. The number of hydrogen-bond donors (Lipinski definition) is 2. The molecule has 7 heteroatoms. The summed E-state index contributed by atoms with van der Waals surface area (Å²) in [6, 6.07) is 12.7. The zero-order valence-corrected chi connectivity index (χ0v) is 17.1. The lowest BCUT2D eigenvalue weighted by Gasteiger charge is -2.37. The maximum atomic E-state index is 13.9. The minimum absolute atomic E-state index is 0.328. The Morgan fingerprint density at radius 2 is 2.10 bits per heavy atom. The number of hydrogen-bond acceptors (Lipinski definition) is 3. The lowest BCUT2D eigenvalue weighted by atomic mass is 9.94. The number of anilines is 1. The van der Waals surface area contributed by atoms with Crippen molar-refractivity contribution in [3.05, 3.63) is 83.8 Å². The maximum absolute atomic E-state index is 13.9. The topological polar surface area (TPSA) is 53.6 Å². The van der Waals surface area contributed by atoms with E-state index in [9.17, 15) is 9.18 Å². The summed E-state index contributed by atoms with van der Waals surface area (Å²) in [5, 5.41) is 6.52. The third-order valence-electron chi connectivity index (χ3n) is 4.69. The molecule has 0 aliphatic carbocycles. The Balaban J connectivity index is 2.06. The summed E-state index contributed by atoms with van der Waals surface area (Å²) < 4.78 is 19.2. The Morgan fingerprint density at radius 3 is 2.79 bits per heavy atom. The molecule has 0 fully saturated rings. The largest absolute Gasteiger partial charge is 0.495 e. The number of nitrogens with one attached hydrogen (secondary N) is 2. The van der Waals surface area contributed by atoms with Crippen molar-refractivity contribution in [3.8, 4) is 5.75 Å². The molecule has 150 valence electrons. The number of benzene rings is 2. The van der Waals surface area contributed by atoms with Crippen molar-refractivity contribution in [1.29, 1.82) is 0 Å². The van der Waals surface area contributed by atoms with E-state index in [2.05, 4.69) is 17.2 Å². The van der Waals surface area contributed by atoms with Crippen LogP contribution in [0.5, 0.6) is 5.75 Å². The van der Waals surface area contributed by atoms with Gasteiger partial charge in [-0.3, -0.25) is 4.79 Å². The number of rotatable bonds is 6. The zero-order valence-electron chi connectivity index (χ0n) is 16.2. The van der Waals surface area contributed by atoms with Crippen molar-refractivity contribution >= 4 is 28.9 Å². The molecule has 2 aromatic carbocycles. The quantitative estimate of drug-likeness (QED) is 0.552. The van der Waals surface area contributed by atoms with E-state index in [-0.39, 0.29) is 11.7 Å². The van der Waals surface area contributed by atoms with E-state index in [1.54, 1.807) is 35.2 Å². The second-order valence-corrected chi connectivity index (χ2v) is 6.88. The lowest BCUT2D eigenvalue weighted by Crippen LogP contribution is -2.48. The van der Waals surface area contributed by atoms with Crippen LogP contribution in [0.1, 0.15) is 18.5 Å². The monoisotopic (exact) mass is 411 g/mol. The number of halogens is 1. The average Bonchev–Trinajstić information content (AvgIpc) is 2.71. The molecule has 0 radical (unpaired) electrons. The van der Waals surface area contributed by atoms with E-state index < -0.39 is 6.04 Å². The van der Waals surface area contributed by atoms with Crippen LogP contribution >= 0.6 is 12.2 Å². The molecule has 0 bridgehead atoms. The van der Waals surface area contributed by atoms with Gasteiger partial charge < -0.3 is 20.3 Å². The molecule has 29 heavy (non-hydrogen) atoms. The molecule has 0 saturated heterocycles. The fourth-order valence-electron chi connectivity index (χ4n) is 3.30. The highest BCUT2D eigenvalue weighted by atomic mass is 32.1. The Labute approximate surface area is 174 Å². The highest BCUT2D eigenvalue weighted by molar-refractivity contribution is 7.80. The number of methoxy groups -OCH3 is 1. The molecule has 0 aromatic heterocycles. The van der Waals surface area contributed by atoms with Crippen LogP contribution in [0, 0.1) is 5.82 Å². The fraction of sp³-hybridized carbons (Fsp3) is 0.182. The van der Waals surface area contributed by atoms with Gasteiger partial charge in [-0.25, -0.2) is 4.39 Å². The number of nitrogens with zero attached hydrogens (tertiary/aromatic N) is 1. The van der Waals surface area contributed by atoms with E-state index in [1.807, 2.05) is 19.1 Å². The van der Waals surface area contributed by atoms with Crippen molar-refractivity contribution in [3.63, 3.8) is 0 Å². The standard InChI is InChI=1S/C22H22FN3O2S/c1-4-12-26-14(2)19(21(27)24-17-10-5-6-11-18(17)28-3)20(25-22(26)29)15-8-7-9-16(23)13-15/h4-11,13,20H,1,12H2,2-3H3,(H,24,27)(H,25,29)/t20-/m0/s1. The first-order valence-electron chi connectivity index (χ1n) is 9.05. The zero-order chi connectivity index (χ0) is 21.0. The van der Waals surface area contributed by atoms with Gasteiger partial charge in [-0.1, -0.05) is 30.3 Å². The van der Waals surface area contributed by atoms with Gasteiger partial charge in [-0.05, 0) is 49.0 Å². The smallest absolute Gasteiger partial charge is 0.255 e. The minimum Gasteiger partial charge on any atom is -0.495 e. The number of para-hydroxylation sites is 2. The minimum atomic E-state index is -0.589. The van der Waals surface area contributed by atoms with Gasteiger partial charge in [-0.2, -0.15) is 0 Å². The molecule has 1 aliphatic heterocycles. The Hall–Kier alpha value is -3.19. The van der Waals surface area contributed by atoms with E-state index in [4.69, 9.17) is 17.0 Å². The summed E-state index contributed by atoms with van der Waals surface area (Å²) in [6.07, 6.45) is 1.70. The first-order valence-corrected chi connectivity index (χ1v) is 9.46. The first-order chi connectivity index (χ1) is 14.0. The number of thiocarbonyl (C=S) groups is 1. The molecular weight excluding hydrogens is 389 g/mol. The molecule has 0 spiro atoms. The molecule has 2 N–H and O–H groups in total. The molecule has 5 nitrogen and oxygen atoms in total. The Morgan fingerprint density at radius 1 is 1.34 bits per heavy atom. The maximum Gasteiger partial charge on any atom is 0.255 e. The SMILES string of the molecule is C=CCN1C(=S)N[C@@H](c2cccc(F)c2)C(C(=O)Nc2ccccc2OC)=C1C. The van der Waals surface area contributed by atoms with Gasteiger partial charge in [0.05, 0.1) is 24.4 Å². The normalized spacial score (nSPS) is 16.3. The second kappa shape index (κ2) is 8.87. The van der Waals surface area contributed by atoms with Gasteiger partial charge in [0, 0.05) is 12.2 Å². The molecular formula is C22H22FN3O2S. The van der Waals surface area contributed by atoms with Crippen molar-refractivity contribution in [2.45, 2.75) is 13.0 Å². The first kappa shape index (κ1) is 20.5. The third kappa shape index (κ3) is 4.30. The number of amides is 1. The Bertz CT molecular complexity index is 990. The van der Waals surface area contributed by atoms with Gasteiger partial charge >= 0.3 is 0 Å². The molecule has 1 heterocycles. The van der Waals surface area contributed by atoms with Crippen molar-refractivity contribution < 1.29 is 13.9 Å². The van der Waals surface area contributed by atoms with Crippen molar-refractivity contribution in [2.24, 2.45) is 0 Å². The van der Waals surface area contributed by atoms with Crippen LogP contribution in [0.3, 0.4) is 0 Å². The van der Waals surface area contributed by atoms with E-state index in [1.165, 1.54) is 19.2 Å². The van der Waals surface area contributed by atoms with Crippen LogP contribution in [-0.4, -0.2) is 29.6 Å². The molecule has 3 rings (SSSR count). The molecule has 2 aromatic rings. The summed E-state index contributed by atoms with van der Waals surface area (Å²) >= 11 is 5.48. The highest BCUT2D eigenvalue weighted by Gasteiger charge is 2.34. The predicted octanol–water partition coefficient (Wildman–Crippen LogP) is 4.16. The van der Waals surface area contributed by atoms with Crippen LogP contribution in [0.2, 0.25) is 0 Å². The number of allylic oxidation sites excluding steroid dienone is 1. The second-order valence-electron chi connectivity index (χ2n) is 6.49. The summed E-state index contributed by atoms with van der Waals surface area (Å²) in [6.45, 7) is 6.02. The molecule has 1 atom stereocenters. The van der Waals surface area contributed by atoms with Crippen LogP contribution in [0.15, 0.2) is 72.5 Å². The van der Waals surface area contributed by atoms with E-state index in [0.717, 1.165) is 0 Å². The molecule has 1 aliphatic rings. The van der Waals surface area contributed by atoms with E-state index in [0.29, 0.717) is 39.9 Å². The van der Waals surface area contributed by atoms with Crippen molar-refractivity contribution in [1.82, 2.24) is 10.2 Å². The number of carbonyl (C=O) groups is 1. The molecule has 1 amide bonds. The average molecular weight is 412 g/mol. The Kier molecular flexibility index (Phi) is 6.29. The number of carbonyl (C=O) groups excluding carboxylic acids is 1. The highest BCUT2D eigenvalue weighted by Crippen LogP contribution is 2.33. The summed E-state index contributed by atoms with van der Waals surface area (Å²) in [4.78, 5) is 15.1. The summed E-state index contributed by atoms with van der Waals surface area (Å²) in [5.74, 6) is -0.167. The van der Waals surface area contributed by atoms with Gasteiger partial charge in [0.1, 0.15) is 11.6 Å². The summed E-state index contributed by atoms with van der Waals surface area (Å²) in [7, 11) is 1.54.